The van der Waals surface area contributed by atoms with Crippen molar-refractivity contribution in [2.75, 3.05) is 5.32 Å². The van der Waals surface area contributed by atoms with Gasteiger partial charge in [-0.2, -0.15) is 15.0 Å². The second-order valence-electron chi connectivity index (χ2n) is 4.68. The average molecular weight is 264 g/mol. The first-order valence-electron chi connectivity index (χ1n) is 6.58. The Bertz CT molecular complexity index is 688. The number of hydrogen-bond acceptors (Lipinski definition) is 3. The first kappa shape index (κ1) is 12.4. The molecule has 0 saturated heterocycles. The van der Waals surface area contributed by atoms with Gasteiger partial charge in [-0.15, -0.1) is 0 Å². The second-order valence-corrected chi connectivity index (χ2v) is 4.68. The van der Waals surface area contributed by atoms with Gasteiger partial charge in [0.1, 0.15) is 5.69 Å². The normalized spacial score (nSPS) is 10.4. The zero-order valence-electron chi connectivity index (χ0n) is 11.3. The molecule has 4 heteroatoms. The van der Waals surface area contributed by atoms with Crippen LogP contribution in [0.3, 0.4) is 0 Å². The molecule has 0 spiro atoms. The van der Waals surface area contributed by atoms with E-state index in [1.165, 1.54) is 5.56 Å². The maximum absolute atomic E-state index is 4.46. The molecule has 0 aliphatic carbocycles. The highest BCUT2D eigenvalue weighted by atomic mass is 15.5. The van der Waals surface area contributed by atoms with Crippen molar-refractivity contribution < 1.29 is 0 Å². The topological polar surface area (TPSA) is 42.7 Å². The summed E-state index contributed by atoms with van der Waals surface area (Å²) in [6.07, 6.45) is 1.79. The molecule has 0 radical (unpaired) electrons. The largest absolute Gasteiger partial charge is 0.379 e. The van der Waals surface area contributed by atoms with Crippen LogP contribution in [0.2, 0.25) is 0 Å². The fraction of sp³-hybridized carbons (Fsp3) is 0.125. The first-order valence-corrected chi connectivity index (χ1v) is 6.58. The predicted molar refractivity (Wildman–Crippen MR) is 79.9 cm³/mol. The first-order chi connectivity index (χ1) is 9.81. The van der Waals surface area contributed by atoms with Gasteiger partial charge in [0, 0.05) is 5.69 Å². The number of nitrogens with zero attached hydrogens (tertiary/aromatic N) is 3. The molecule has 1 heterocycles. The fourth-order valence-corrected chi connectivity index (χ4v) is 2.01. The highest BCUT2D eigenvalue weighted by Crippen LogP contribution is 2.11. The highest BCUT2D eigenvalue weighted by Gasteiger charge is 2.02. The van der Waals surface area contributed by atoms with Crippen LogP contribution in [0.1, 0.15) is 11.3 Å². The van der Waals surface area contributed by atoms with Gasteiger partial charge >= 0.3 is 0 Å². The lowest BCUT2D eigenvalue weighted by atomic mass is 10.2. The van der Waals surface area contributed by atoms with Gasteiger partial charge < -0.3 is 5.32 Å². The predicted octanol–water partition coefficient (Wildman–Crippen LogP) is 3.19. The fourth-order valence-electron chi connectivity index (χ4n) is 2.01. The molecule has 2 aromatic carbocycles. The van der Waals surface area contributed by atoms with Crippen molar-refractivity contribution in [2.45, 2.75) is 13.5 Å². The Morgan fingerprint density at radius 1 is 1.05 bits per heavy atom. The Morgan fingerprint density at radius 2 is 1.90 bits per heavy atom. The maximum atomic E-state index is 4.46. The lowest BCUT2D eigenvalue weighted by Crippen LogP contribution is -2.02. The van der Waals surface area contributed by atoms with Gasteiger partial charge in [-0.05, 0) is 36.8 Å². The smallest absolute Gasteiger partial charge is 0.102 e. The zero-order valence-corrected chi connectivity index (χ0v) is 11.3. The van der Waals surface area contributed by atoms with Gasteiger partial charge in [0.05, 0.1) is 18.4 Å². The summed E-state index contributed by atoms with van der Waals surface area (Å²) in [5, 5.41) is 12.1. The van der Waals surface area contributed by atoms with Gasteiger partial charge in [0.2, 0.25) is 0 Å². The molecule has 0 aliphatic rings. The summed E-state index contributed by atoms with van der Waals surface area (Å²) < 4.78 is 0. The van der Waals surface area contributed by atoms with E-state index in [0.717, 1.165) is 17.1 Å². The lowest BCUT2D eigenvalue weighted by Gasteiger charge is -2.04. The van der Waals surface area contributed by atoms with E-state index in [9.17, 15) is 0 Å². The van der Waals surface area contributed by atoms with Crippen molar-refractivity contribution >= 4 is 5.69 Å². The number of aromatic nitrogens is 3. The van der Waals surface area contributed by atoms with Gasteiger partial charge in [0.15, 0.2) is 0 Å². The van der Waals surface area contributed by atoms with Gasteiger partial charge in [-0.25, -0.2) is 0 Å². The van der Waals surface area contributed by atoms with Crippen molar-refractivity contribution in [3.63, 3.8) is 0 Å². The molecule has 20 heavy (non-hydrogen) atoms. The maximum Gasteiger partial charge on any atom is 0.102 e. The van der Waals surface area contributed by atoms with E-state index >= 15 is 0 Å². The SMILES string of the molecule is Cc1cccc(NCc2cnn(-c3ccccc3)n2)c1. The van der Waals surface area contributed by atoms with Crippen molar-refractivity contribution in [3.8, 4) is 5.69 Å². The quantitative estimate of drug-likeness (QED) is 0.787. The molecule has 0 saturated carbocycles. The van der Waals surface area contributed by atoms with Crippen LogP contribution in [-0.4, -0.2) is 15.0 Å². The minimum Gasteiger partial charge on any atom is -0.379 e. The van der Waals surface area contributed by atoms with Gasteiger partial charge in [0.25, 0.3) is 0 Å². The van der Waals surface area contributed by atoms with Gasteiger partial charge in [-0.3, -0.25) is 0 Å². The summed E-state index contributed by atoms with van der Waals surface area (Å²) in [5.74, 6) is 0. The van der Waals surface area contributed by atoms with Crippen LogP contribution in [-0.2, 0) is 6.54 Å². The number of hydrogen-bond donors (Lipinski definition) is 1. The van der Waals surface area contributed by atoms with E-state index in [1.807, 2.05) is 36.4 Å². The summed E-state index contributed by atoms with van der Waals surface area (Å²) in [5.41, 5.74) is 4.21. The van der Waals surface area contributed by atoms with Crippen molar-refractivity contribution in [3.05, 3.63) is 72.1 Å². The van der Waals surface area contributed by atoms with Crippen molar-refractivity contribution in [2.24, 2.45) is 0 Å². The molecule has 100 valence electrons. The number of rotatable bonds is 4. The second kappa shape index (κ2) is 5.57. The van der Waals surface area contributed by atoms with Gasteiger partial charge in [-0.1, -0.05) is 30.3 Å². The molecule has 1 aromatic heterocycles. The zero-order chi connectivity index (χ0) is 13.8. The molecule has 4 nitrogen and oxygen atoms in total. The Balaban J connectivity index is 1.69. The standard InChI is InChI=1S/C16H16N4/c1-13-6-5-7-14(10-13)17-11-15-12-18-20(19-15)16-8-3-2-4-9-16/h2-10,12,17H,11H2,1H3. The molecule has 3 rings (SSSR count). The number of aryl methyl sites for hydroxylation is 1. The molecule has 0 aliphatic heterocycles. The number of benzene rings is 2. The Morgan fingerprint density at radius 3 is 2.70 bits per heavy atom. The van der Waals surface area contributed by atoms with E-state index in [-0.39, 0.29) is 0 Å². The van der Waals surface area contributed by atoms with Crippen LogP contribution in [0, 0.1) is 6.92 Å². The lowest BCUT2D eigenvalue weighted by molar-refractivity contribution is 0.740. The summed E-state index contributed by atoms with van der Waals surface area (Å²) in [6, 6.07) is 18.2. The highest BCUT2D eigenvalue weighted by molar-refractivity contribution is 5.45. The molecule has 0 bridgehead atoms. The summed E-state index contributed by atoms with van der Waals surface area (Å²) in [7, 11) is 0. The van der Waals surface area contributed by atoms with E-state index in [1.54, 1.807) is 11.0 Å². The van der Waals surface area contributed by atoms with E-state index < -0.39 is 0 Å². The number of anilines is 1. The molecule has 0 fully saturated rings. The Hall–Kier alpha value is -2.62. The molecule has 0 atom stereocenters. The van der Waals surface area contributed by atoms with Crippen LogP contribution in [0.15, 0.2) is 60.8 Å². The molecule has 0 amide bonds. The van der Waals surface area contributed by atoms with Crippen molar-refractivity contribution in [1.29, 1.82) is 0 Å². The Labute approximate surface area is 118 Å². The van der Waals surface area contributed by atoms with Crippen LogP contribution in [0.25, 0.3) is 5.69 Å². The molecule has 1 N–H and O–H groups in total. The molecule has 3 aromatic rings. The van der Waals surface area contributed by atoms with E-state index in [4.69, 9.17) is 0 Å². The number of nitrogens with one attached hydrogen (secondary N) is 1. The third kappa shape index (κ3) is 2.85. The van der Waals surface area contributed by atoms with Crippen LogP contribution in [0.4, 0.5) is 5.69 Å². The van der Waals surface area contributed by atoms with Crippen LogP contribution in [0.5, 0.6) is 0 Å². The number of para-hydroxylation sites is 1. The van der Waals surface area contributed by atoms with Crippen LogP contribution >= 0.6 is 0 Å². The average Bonchev–Trinajstić information content (AvgIpc) is 2.95. The molecular formula is C16H16N4. The third-order valence-electron chi connectivity index (χ3n) is 3.02. The van der Waals surface area contributed by atoms with E-state index in [2.05, 4.69) is 40.6 Å². The molecule has 0 unspecified atom stereocenters. The van der Waals surface area contributed by atoms with Crippen LogP contribution < -0.4 is 5.32 Å². The van der Waals surface area contributed by atoms with Crippen molar-refractivity contribution in [1.82, 2.24) is 15.0 Å². The summed E-state index contributed by atoms with van der Waals surface area (Å²) in [6.45, 7) is 2.74. The molecular weight excluding hydrogens is 248 g/mol. The summed E-state index contributed by atoms with van der Waals surface area (Å²) in [4.78, 5) is 1.65. The third-order valence-corrected chi connectivity index (χ3v) is 3.02. The Kier molecular flexibility index (Phi) is 3.46. The monoisotopic (exact) mass is 264 g/mol. The van der Waals surface area contributed by atoms with E-state index in [0.29, 0.717) is 6.54 Å². The minimum atomic E-state index is 0.663. The minimum absolute atomic E-state index is 0.663. The summed E-state index contributed by atoms with van der Waals surface area (Å²) >= 11 is 0.